The predicted molar refractivity (Wildman–Crippen MR) is 188 cm³/mol. The molecule has 0 radical (unpaired) electrons. The van der Waals surface area contributed by atoms with Crippen LogP contribution in [0.5, 0.6) is 0 Å². The number of nitrogens with two attached hydrogens (primary N) is 2. The molecule has 0 spiro atoms. The molecule has 3 aliphatic rings. The van der Waals surface area contributed by atoms with E-state index < -0.39 is 0 Å². The molecule has 4 aromatic carbocycles. The van der Waals surface area contributed by atoms with Crippen LogP contribution in [0.15, 0.2) is 97.1 Å². The van der Waals surface area contributed by atoms with Crippen molar-refractivity contribution in [3.63, 3.8) is 0 Å². The van der Waals surface area contributed by atoms with Crippen molar-refractivity contribution in [2.75, 3.05) is 10.0 Å². The van der Waals surface area contributed by atoms with Crippen molar-refractivity contribution in [3.8, 4) is 22.3 Å². The van der Waals surface area contributed by atoms with Crippen LogP contribution in [-0.2, 0) is 9.59 Å². The van der Waals surface area contributed by atoms with E-state index in [1.54, 1.807) is 0 Å². The Bertz CT molecular complexity index is 1680. The van der Waals surface area contributed by atoms with Gasteiger partial charge in [0.05, 0.1) is 23.2 Å². The molecule has 0 aromatic heterocycles. The van der Waals surface area contributed by atoms with Crippen LogP contribution in [-0.4, -0.2) is 11.8 Å². The lowest BCUT2D eigenvalue weighted by Crippen LogP contribution is -2.42. The summed E-state index contributed by atoms with van der Waals surface area (Å²) in [4.78, 5) is 26.1. The summed E-state index contributed by atoms with van der Waals surface area (Å²) in [5.41, 5.74) is 8.22. The zero-order valence-electron chi connectivity index (χ0n) is 26.9. The van der Waals surface area contributed by atoms with Gasteiger partial charge in [0, 0.05) is 11.1 Å². The van der Waals surface area contributed by atoms with Crippen molar-refractivity contribution in [2.45, 2.75) is 83.0 Å². The van der Waals surface area contributed by atoms with Crippen LogP contribution in [0.1, 0.15) is 94.1 Å². The lowest BCUT2D eigenvalue weighted by atomic mass is 9.75. The Labute approximate surface area is 273 Å². The summed E-state index contributed by atoms with van der Waals surface area (Å²) in [6.07, 6.45) is 11.5. The highest BCUT2D eigenvalue weighted by Gasteiger charge is 2.38. The minimum Gasteiger partial charge on any atom is -0.272 e. The smallest absolute Gasteiger partial charge is 0.249 e. The van der Waals surface area contributed by atoms with Gasteiger partial charge in [-0.2, -0.15) is 0 Å². The second-order valence-corrected chi connectivity index (χ2v) is 12.9. The van der Waals surface area contributed by atoms with E-state index in [2.05, 4.69) is 37.3 Å². The van der Waals surface area contributed by atoms with Crippen molar-refractivity contribution < 1.29 is 9.59 Å². The Kier molecular flexibility index (Phi) is 9.96. The van der Waals surface area contributed by atoms with Crippen LogP contribution in [0.25, 0.3) is 22.3 Å². The maximum atomic E-state index is 13.2. The minimum atomic E-state index is -0.152. The highest BCUT2D eigenvalue weighted by molar-refractivity contribution is 6.05. The molecule has 238 valence electrons. The third-order valence-electron chi connectivity index (χ3n) is 10.0. The normalized spacial score (nSPS) is 19.1. The van der Waals surface area contributed by atoms with Crippen molar-refractivity contribution in [2.24, 2.45) is 17.6 Å². The summed E-state index contributed by atoms with van der Waals surface area (Å²) in [6, 6.07) is 32.4. The molecule has 2 heterocycles. The Hall–Kier alpha value is -4.26. The quantitative estimate of drug-likeness (QED) is 0.129. The van der Waals surface area contributed by atoms with Crippen molar-refractivity contribution in [1.29, 1.82) is 0 Å². The summed E-state index contributed by atoms with van der Waals surface area (Å²) in [6.45, 7) is 2.20. The molecule has 0 saturated heterocycles. The molecule has 7 rings (SSSR count). The van der Waals surface area contributed by atoms with Gasteiger partial charge in [-0.3, -0.25) is 9.59 Å². The highest BCUT2D eigenvalue weighted by atomic mass is 16.2. The van der Waals surface area contributed by atoms with E-state index in [0.717, 1.165) is 70.4 Å². The van der Waals surface area contributed by atoms with Gasteiger partial charge in [0.15, 0.2) is 0 Å². The number of carbonyl (C=O) groups is 2. The second kappa shape index (κ2) is 14.4. The van der Waals surface area contributed by atoms with E-state index in [1.165, 1.54) is 48.5 Å². The topological polar surface area (TPSA) is 92.7 Å². The second-order valence-electron chi connectivity index (χ2n) is 12.9. The molecule has 1 saturated carbocycles. The number of unbranched alkanes of at least 4 members (excludes halogenated alkanes) is 3. The number of para-hydroxylation sites is 2. The third kappa shape index (κ3) is 6.24. The van der Waals surface area contributed by atoms with Crippen LogP contribution >= 0.6 is 0 Å². The van der Waals surface area contributed by atoms with Crippen LogP contribution in [0.2, 0.25) is 0 Å². The summed E-state index contributed by atoms with van der Waals surface area (Å²) in [5, 5.41) is 2.73. The number of hydrogen-bond acceptors (Lipinski definition) is 4. The number of rotatable bonds is 6. The molecule has 4 N–H and O–H groups in total. The van der Waals surface area contributed by atoms with Crippen molar-refractivity contribution in [3.05, 3.63) is 108 Å². The number of amides is 2. The average molecular weight is 615 g/mol. The fourth-order valence-corrected chi connectivity index (χ4v) is 7.68. The molecule has 2 amide bonds. The van der Waals surface area contributed by atoms with E-state index in [4.69, 9.17) is 11.7 Å². The van der Waals surface area contributed by atoms with E-state index in [1.807, 2.05) is 66.7 Å². The maximum Gasteiger partial charge on any atom is 0.249 e. The number of hydrazine groups is 2. The van der Waals surface area contributed by atoms with Crippen molar-refractivity contribution >= 4 is 23.2 Å². The molecule has 1 fully saturated rings. The number of nitrogens with zero attached hydrogens (tertiary/aromatic N) is 2. The van der Waals surface area contributed by atoms with E-state index >= 15 is 0 Å². The number of carbonyl (C=O) groups excluding carboxylic acids is 2. The molecule has 6 nitrogen and oxygen atoms in total. The number of benzene rings is 4. The molecule has 0 bridgehead atoms. The van der Waals surface area contributed by atoms with E-state index in [9.17, 15) is 9.59 Å². The first-order valence-electron chi connectivity index (χ1n) is 17.0. The lowest BCUT2D eigenvalue weighted by molar-refractivity contribution is -0.121. The SMILES string of the molecule is CCCCCCC1C(=O)N(N)c2ccccc2-c2ccccc21.NN1C(=O)C(C2CCCCC2)c2ccccc2-c2ccccc21. The molecule has 6 heteroatoms. The molecule has 2 atom stereocenters. The van der Waals surface area contributed by atoms with Gasteiger partial charge in [-0.15, -0.1) is 0 Å². The monoisotopic (exact) mass is 614 g/mol. The summed E-state index contributed by atoms with van der Waals surface area (Å²) in [5.74, 6) is 12.6. The number of fused-ring (bicyclic) bond motifs is 6. The Morgan fingerprint density at radius 2 is 1.09 bits per heavy atom. The fraction of sp³-hybridized carbons (Fsp3) is 0.350. The predicted octanol–water partition coefficient (Wildman–Crippen LogP) is 8.87. The average Bonchev–Trinajstić information content (AvgIpc) is 3.26. The maximum absolute atomic E-state index is 13.2. The van der Waals surface area contributed by atoms with E-state index in [-0.39, 0.29) is 23.7 Å². The zero-order valence-corrected chi connectivity index (χ0v) is 26.9. The standard InChI is InChI=1S/C20H22N2O.C20H24N2O/c21-22-18-13-7-6-11-16(18)15-10-4-5-12-17(15)19(20(22)23)14-8-2-1-3-9-14;1-2-3-4-5-13-18-16-11-7-6-10-15(16)17-12-8-9-14-19(17)22(21)20(18)23/h4-7,10-14,19H,1-3,8-9,21H2;6-12,14,18H,2-5,13,21H2,1H3. The van der Waals surface area contributed by atoms with E-state index in [0.29, 0.717) is 5.92 Å². The van der Waals surface area contributed by atoms with Crippen LogP contribution in [0.3, 0.4) is 0 Å². The largest absolute Gasteiger partial charge is 0.272 e. The molecule has 2 aliphatic heterocycles. The van der Waals surface area contributed by atoms with Gasteiger partial charge in [0.2, 0.25) is 11.8 Å². The van der Waals surface area contributed by atoms with Crippen LogP contribution < -0.4 is 21.7 Å². The first kappa shape index (κ1) is 31.7. The Morgan fingerprint density at radius 1 is 0.587 bits per heavy atom. The van der Waals surface area contributed by atoms with Gasteiger partial charge in [0.25, 0.3) is 0 Å². The van der Waals surface area contributed by atoms with Gasteiger partial charge in [0.1, 0.15) is 0 Å². The van der Waals surface area contributed by atoms with Gasteiger partial charge in [-0.1, -0.05) is 137 Å². The third-order valence-corrected chi connectivity index (χ3v) is 10.0. The number of anilines is 2. The summed E-state index contributed by atoms with van der Waals surface area (Å²) < 4.78 is 0. The molecular weight excluding hydrogens is 568 g/mol. The molecule has 4 aromatic rings. The summed E-state index contributed by atoms with van der Waals surface area (Å²) in [7, 11) is 0. The number of hydrogen-bond donors (Lipinski definition) is 2. The fourth-order valence-electron chi connectivity index (χ4n) is 7.68. The van der Waals surface area contributed by atoms with Crippen LogP contribution in [0, 0.1) is 5.92 Å². The molecule has 46 heavy (non-hydrogen) atoms. The first-order chi connectivity index (χ1) is 22.5. The molecule has 1 aliphatic carbocycles. The Morgan fingerprint density at radius 3 is 1.70 bits per heavy atom. The Balaban J connectivity index is 0.000000162. The lowest BCUT2D eigenvalue weighted by Gasteiger charge is -2.31. The first-order valence-corrected chi connectivity index (χ1v) is 17.0. The zero-order chi connectivity index (χ0) is 32.0. The van der Waals surface area contributed by atoms with Gasteiger partial charge >= 0.3 is 0 Å². The van der Waals surface area contributed by atoms with Gasteiger partial charge < -0.3 is 0 Å². The summed E-state index contributed by atoms with van der Waals surface area (Å²) >= 11 is 0. The molecule has 2 unspecified atom stereocenters. The van der Waals surface area contributed by atoms with Gasteiger partial charge in [-0.05, 0) is 59.6 Å². The highest BCUT2D eigenvalue weighted by Crippen LogP contribution is 2.46. The molecular formula is C40H46N4O2. The van der Waals surface area contributed by atoms with Crippen molar-refractivity contribution in [1.82, 2.24) is 0 Å². The minimum absolute atomic E-state index is 0.00102. The van der Waals surface area contributed by atoms with Crippen LogP contribution in [0.4, 0.5) is 11.4 Å². The van der Waals surface area contributed by atoms with Gasteiger partial charge in [-0.25, -0.2) is 21.7 Å².